The lowest BCUT2D eigenvalue weighted by Crippen LogP contribution is -2.36. The van der Waals surface area contributed by atoms with Gasteiger partial charge in [-0.2, -0.15) is 0 Å². The van der Waals surface area contributed by atoms with Crippen LogP contribution in [-0.4, -0.2) is 45.6 Å². The molecule has 2 aromatic rings. The maximum atomic E-state index is 12.4. The average molecular weight is 401 g/mol. The van der Waals surface area contributed by atoms with Gasteiger partial charge in [0.25, 0.3) is 5.91 Å². The summed E-state index contributed by atoms with van der Waals surface area (Å²) >= 11 is 0. The van der Waals surface area contributed by atoms with E-state index in [9.17, 15) is 14.4 Å². The van der Waals surface area contributed by atoms with Gasteiger partial charge in [0.05, 0.1) is 27.9 Å². The van der Waals surface area contributed by atoms with Crippen molar-refractivity contribution in [2.75, 3.05) is 27.9 Å². The third-order valence-corrected chi connectivity index (χ3v) is 4.06. The molecule has 0 aliphatic rings. The second kappa shape index (κ2) is 9.98. The number of amides is 3. The molecule has 9 nitrogen and oxygen atoms in total. The molecular weight excluding hydrogens is 378 g/mol. The fourth-order valence-corrected chi connectivity index (χ4v) is 2.52. The minimum Gasteiger partial charge on any atom is -0.493 e. The number of ether oxygens (including phenoxy) is 3. The van der Waals surface area contributed by atoms with Gasteiger partial charge in [0, 0.05) is 17.7 Å². The number of rotatable bonds is 9. The summed E-state index contributed by atoms with van der Waals surface area (Å²) in [6, 6.07) is 9.53. The first-order chi connectivity index (χ1) is 13.9. The normalized spacial score (nSPS) is 10.0. The van der Waals surface area contributed by atoms with Crippen molar-refractivity contribution in [2.24, 2.45) is 5.73 Å². The van der Waals surface area contributed by atoms with Crippen LogP contribution in [0.5, 0.6) is 17.2 Å². The minimum atomic E-state index is -0.518. The highest BCUT2D eigenvalue weighted by Crippen LogP contribution is 2.38. The summed E-state index contributed by atoms with van der Waals surface area (Å²) in [4.78, 5) is 35.4. The third-order valence-electron chi connectivity index (χ3n) is 4.06. The smallest absolute Gasteiger partial charge is 0.251 e. The van der Waals surface area contributed by atoms with Crippen molar-refractivity contribution in [3.05, 3.63) is 53.1 Å². The molecule has 3 amide bonds. The average Bonchev–Trinajstić information content (AvgIpc) is 2.74. The van der Waals surface area contributed by atoms with E-state index in [0.29, 0.717) is 22.8 Å². The summed E-state index contributed by atoms with van der Waals surface area (Å²) in [5, 5.41) is 5.21. The van der Waals surface area contributed by atoms with Gasteiger partial charge in [-0.25, -0.2) is 0 Å². The Bertz CT molecular complexity index is 871. The van der Waals surface area contributed by atoms with Crippen LogP contribution in [0.3, 0.4) is 0 Å². The fraction of sp³-hybridized carbons (Fsp3) is 0.250. The molecule has 0 unspecified atom stereocenters. The Kier molecular flexibility index (Phi) is 7.41. The second-order valence-electron chi connectivity index (χ2n) is 5.93. The Morgan fingerprint density at radius 1 is 0.862 bits per heavy atom. The molecule has 0 spiro atoms. The molecule has 4 N–H and O–H groups in total. The molecule has 0 fully saturated rings. The molecule has 29 heavy (non-hydrogen) atoms. The maximum absolute atomic E-state index is 12.4. The number of primary amides is 1. The van der Waals surface area contributed by atoms with Gasteiger partial charge < -0.3 is 30.6 Å². The first kappa shape index (κ1) is 21.5. The largest absolute Gasteiger partial charge is 0.493 e. The van der Waals surface area contributed by atoms with Gasteiger partial charge in [0.15, 0.2) is 11.5 Å². The molecule has 0 bridgehead atoms. The molecule has 0 saturated heterocycles. The Labute approximate surface area is 168 Å². The molecule has 0 saturated carbocycles. The Morgan fingerprint density at radius 2 is 1.45 bits per heavy atom. The van der Waals surface area contributed by atoms with Gasteiger partial charge >= 0.3 is 0 Å². The number of carbonyl (C=O) groups is 3. The van der Waals surface area contributed by atoms with Crippen LogP contribution in [0.4, 0.5) is 0 Å². The second-order valence-corrected chi connectivity index (χ2v) is 5.93. The van der Waals surface area contributed by atoms with E-state index in [1.807, 2.05) is 0 Å². The summed E-state index contributed by atoms with van der Waals surface area (Å²) in [6.07, 6.45) is 0. The van der Waals surface area contributed by atoms with Crippen molar-refractivity contribution in [2.45, 2.75) is 6.54 Å². The highest BCUT2D eigenvalue weighted by atomic mass is 16.5. The van der Waals surface area contributed by atoms with E-state index in [-0.39, 0.29) is 24.6 Å². The molecule has 2 aromatic carbocycles. The van der Waals surface area contributed by atoms with Gasteiger partial charge in [0.2, 0.25) is 17.6 Å². The zero-order chi connectivity index (χ0) is 21.4. The van der Waals surface area contributed by atoms with Gasteiger partial charge in [0.1, 0.15) is 0 Å². The van der Waals surface area contributed by atoms with Crippen molar-refractivity contribution >= 4 is 17.7 Å². The van der Waals surface area contributed by atoms with Crippen LogP contribution in [-0.2, 0) is 11.3 Å². The van der Waals surface area contributed by atoms with E-state index in [2.05, 4.69) is 10.6 Å². The molecule has 2 rings (SSSR count). The standard InChI is InChI=1S/C20H23N3O6/c1-27-15-8-14(9-16(28-2)18(15)29-3)20(26)23-11-17(24)22-10-12-4-6-13(7-5-12)19(21)25/h4-9H,10-11H2,1-3H3,(H2,21,25)(H,22,24)(H,23,26). The van der Waals surface area contributed by atoms with E-state index in [4.69, 9.17) is 19.9 Å². The lowest BCUT2D eigenvalue weighted by molar-refractivity contribution is -0.120. The summed E-state index contributed by atoms with van der Waals surface area (Å²) < 4.78 is 15.6. The topological polar surface area (TPSA) is 129 Å². The Hall–Kier alpha value is -3.75. The van der Waals surface area contributed by atoms with E-state index in [0.717, 1.165) is 5.56 Å². The highest BCUT2D eigenvalue weighted by molar-refractivity contribution is 5.97. The van der Waals surface area contributed by atoms with Crippen LogP contribution >= 0.6 is 0 Å². The first-order valence-electron chi connectivity index (χ1n) is 8.63. The molecule has 9 heteroatoms. The molecule has 0 atom stereocenters. The number of methoxy groups -OCH3 is 3. The fourth-order valence-electron chi connectivity index (χ4n) is 2.52. The molecule has 0 heterocycles. The third kappa shape index (κ3) is 5.61. The van der Waals surface area contributed by atoms with Crippen molar-refractivity contribution in [1.29, 1.82) is 0 Å². The number of nitrogens with one attached hydrogen (secondary N) is 2. The van der Waals surface area contributed by atoms with Gasteiger partial charge in [-0.3, -0.25) is 14.4 Å². The van der Waals surface area contributed by atoms with E-state index in [1.165, 1.54) is 33.5 Å². The van der Waals surface area contributed by atoms with Crippen LogP contribution in [0.1, 0.15) is 26.3 Å². The zero-order valence-electron chi connectivity index (χ0n) is 16.4. The van der Waals surface area contributed by atoms with Crippen LogP contribution in [0.15, 0.2) is 36.4 Å². The van der Waals surface area contributed by atoms with E-state index < -0.39 is 11.8 Å². The monoisotopic (exact) mass is 401 g/mol. The molecule has 0 aliphatic carbocycles. The van der Waals surface area contributed by atoms with E-state index in [1.54, 1.807) is 24.3 Å². The van der Waals surface area contributed by atoms with Crippen LogP contribution < -0.4 is 30.6 Å². The number of carbonyl (C=O) groups excluding carboxylic acids is 3. The lowest BCUT2D eigenvalue weighted by Gasteiger charge is -2.14. The number of hydrogen-bond acceptors (Lipinski definition) is 6. The van der Waals surface area contributed by atoms with Crippen molar-refractivity contribution in [3.63, 3.8) is 0 Å². The summed E-state index contributed by atoms with van der Waals surface area (Å²) in [5.74, 6) is -0.321. The first-order valence-corrected chi connectivity index (χ1v) is 8.63. The van der Waals surface area contributed by atoms with E-state index >= 15 is 0 Å². The Morgan fingerprint density at radius 3 is 1.93 bits per heavy atom. The lowest BCUT2D eigenvalue weighted by atomic mass is 10.1. The SMILES string of the molecule is COc1cc(C(=O)NCC(=O)NCc2ccc(C(N)=O)cc2)cc(OC)c1OC. The summed E-state index contributed by atoms with van der Waals surface area (Å²) in [7, 11) is 4.36. The molecule has 0 radical (unpaired) electrons. The Balaban J connectivity index is 1.93. The van der Waals surface area contributed by atoms with Gasteiger partial charge in [-0.15, -0.1) is 0 Å². The van der Waals surface area contributed by atoms with Gasteiger partial charge in [-0.05, 0) is 29.8 Å². The van der Waals surface area contributed by atoms with Crippen molar-refractivity contribution in [1.82, 2.24) is 10.6 Å². The number of benzene rings is 2. The molecular formula is C20H23N3O6. The number of nitrogens with two attached hydrogens (primary N) is 1. The van der Waals surface area contributed by atoms with Crippen LogP contribution in [0.25, 0.3) is 0 Å². The highest BCUT2D eigenvalue weighted by Gasteiger charge is 2.17. The quantitative estimate of drug-likeness (QED) is 0.572. The molecule has 0 aliphatic heterocycles. The maximum Gasteiger partial charge on any atom is 0.251 e. The summed E-state index contributed by atoms with van der Waals surface area (Å²) in [5.41, 5.74) is 6.62. The summed E-state index contributed by atoms with van der Waals surface area (Å²) in [6.45, 7) is 0.0345. The molecule has 0 aromatic heterocycles. The van der Waals surface area contributed by atoms with Crippen molar-refractivity contribution in [3.8, 4) is 17.2 Å². The van der Waals surface area contributed by atoms with Gasteiger partial charge in [-0.1, -0.05) is 12.1 Å². The van der Waals surface area contributed by atoms with Crippen molar-refractivity contribution < 1.29 is 28.6 Å². The predicted molar refractivity (Wildman–Crippen MR) is 105 cm³/mol. The van der Waals surface area contributed by atoms with Crippen LogP contribution in [0, 0.1) is 0 Å². The zero-order valence-corrected chi connectivity index (χ0v) is 16.4. The van der Waals surface area contributed by atoms with Crippen LogP contribution in [0.2, 0.25) is 0 Å². The molecule has 154 valence electrons. The number of hydrogen-bond donors (Lipinski definition) is 3. The minimum absolute atomic E-state index is 0.213. The predicted octanol–water partition coefficient (Wildman–Crippen LogP) is 0.858.